The maximum atomic E-state index is 14.0. The number of carbonyl (C=O) groups is 1. The summed E-state index contributed by atoms with van der Waals surface area (Å²) < 4.78 is 19.5. The Labute approximate surface area is 182 Å². The lowest BCUT2D eigenvalue weighted by Crippen LogP contribution is -2.43. The number of nitrogens with one attached hydrogen (secondary N) is 2. The number of piperidine rings is 1. The van der Waals surface area contributed by atoms with Crippen LogP contribution >= 0.6 is 0 Å². The number of aryl methyl sites for hydroxylation is 1. The summed E-state index contributed by atoms with van der Waals surface area (Å²) in [5.74, 6) is -0.182. The summed E-state index contributed by atoms with van der Waals surface area (Å²) in [7, 11) is 0. The number of carbonyl (C=O) groups excluding carboxylic acids is 1. The van der Waals surface area contributed by atoms with Gasteiger partial charge >= 0.3 is 6.09 Å². The number of nitrogens with zero attached hydrogens (tertiary/aromatic N) is 1. The van der Waals surface area contributed by atoms with Crippen LogP contribution in [0.2, 0.25) is 0 Å². The van der Waals surface area contributed by atoms with Gasteiger partial charge in [0.15, 0.2) is 0 Å². The Bertz CT molecular complexity index is 1030. The van der Waals surface area contributed by atoms with Gasteiger partial charge in [0.2, 0.25) is 0 Å². The molecule has 2 heterocycles. The van der Waals surface area contributed by atoms with E-state index in [0.717, 1.165) is 37.7 Å². The minimum absolute atomic E-state index is 0.121. The summed E-state index contributed by atoms with van der Waals surface area (Å²) in [5.41, 5.74) is 4.19. The van der Waals surface area contributed by atoms with Gasteiger partial charge in [0.1, 0.15) is 12.4 Å². The van der Waals surface area contributed by atoms with Crippen molar-refractivity contribution in [1.29, 1.82) is 0 Å². The molecule has 1 aromatic heterocycles. The predicted octanol–water partition coefficient (Wildman–Crippen LogP) is 4.94. The average Bonchev–Trinajstić information content (AvgIpc) is 3.17. The van der Waals surface area contributed by atoms with Crippen molar-refractivity contribution in [3.05, 3.63) is 71.2 Å². The molecule has 0 aliphatic carbocycles. The molecule has 6 heteroatoms. The van der Waals surface area contributed by atoms with Gasteiger partial charge in [0.05, 0.1) is 0 Å². The van der Waals surface area contributed by atoms with E-state index in [-0.39, 0.29) is 11.9 Å². The first-order valence-corrected chi connectivity index (χ1v) is 11.0. The third-order valence-electron chi connectivity index (χ3n) is 6.07. The zero-order chi connectivity index (χ0) is 21.6. The van der Waals surface area contributed by atoms with Crippen LogP contribution in [-0.2, 0) is 17.7 Å². The summed E-state index contributed by atoms with van der Waals surface area (Å²) >= 11 is 0. The van der Waals surface area contributed by atoms with Crippen molar-refractivity contribution in [3.63, 3.8) is 0 Å². The normalized spacial score (nSPS) is 17.0. The molecule has 2 aromatic carbocycles. The molecular weight excluding hydrogens is 393 g/mol. The maximum absolute atomic E-state index is 14.0. The monoisotopic (exact) mass is 423 g/mol. The van der Waals surface area contributed by atoms with Crippen LogP contribution < -0.4 is 5.32 Å². The van der Waals surface area contributed by atoms with Crippen molar-refractivity contribution < 1.29 is 13.9 Å². The zero-order valence-electron chi connectivity index (χ0n) is 18.0. The minimum Gasteiger partial charge on any atom is -0.448 e. The zero-order valence-corrected chi connectivity index (χ0v) is 18.0. The number of aromatic amines is 1. The Kier molecular flexibility index (Phi) is 6.87. The first kappa shape index (κ1) is 21.4. The SMILES string of the molecule is Cc1ccc2[nH]cc(CCNC(=O)OCC3CCCCN3Cc3ccccc3F)c2c1. The largest absolute Gasteiger partial charge is 0.448 e. The molecule has 0 spiro atoms. The van der Waals surface area contributed by atoms with Gasteiger partial charge in [-0.1, -0.05) is 36.2 Å². The Hall–Kier alpha value is -2.86. The fourth-order valence-electron chi connectivity index (χ4n) is 4.32. The maximum Gasteiger partial charge on any atom is 0.407 e. The Morgan fingerprint density at radius 1 is 1.23 bits per heavy atom. The first-order chi connectivity index (χ1) is 15.1. The summed E-state index contributed by atoms with van der Waals surface area (Å²) in [6, 6.07) is 13.3. The molecule has 0 radical (unpaired) electrons. The number of halogens is 1. The van der Waals surface area contributed by atoms with E-state index in [0.29, 0.717) is 25.3 Å². The topological polar surface area (TPSA) is 57.4 Å². The number of likely N-dealkylation sites (tertiary alicyclic amines) is 1. The number of H-pyrrole nitrogens is 1. The second-order valence-corrected chi connectivity index (χ2v) is 8.35. The fourth-order valence-corrected chi connectivity index (χ4v) is 4.32. The van der Waals surface area contributed by atoms with Crippen LogP contribution in [0.1, 0.15) is 36.0 Å². The number of amides is 1. The fraction of sp³-hybridized carbons (Fsp3) is 0.400. The van der Waals surface area contributed by atoms with Crippen LogP contribution in [0, 0.1) is 12.7 Å². The smallest absolute Gasteiger partial charge is 0.407 e. The molecular formula is C25H30FN3O2. The summed E-state index contributed by atoms with van der Waals surface area (Å²) in [6.45, 7) is 4.36. The molecule has 164 valence electrons. The summed E-state index contributed by atoms with van der Waals surface area (Å²) in [5, 5.41) is 4.06. The molecule has 2 N–H and O–H groups in total. The number of benzene rings is 2. The Morgan fingerprint density at radius 3 is 2.97 bits per heavy atom. The third-order valence-corrected chi connectivity index (χ3v) is 6.07. The van der Waals surface area contributed by atoms with E-state index < -0.39 is 6.09 Å². The summed E-state index contributed by atoms with van der Waals surface area (Å²) in [6.07, 6.45) is 5.48. The number of hydrogen-bond acceptors (Lipinski definition) is 3. The molecule has 5 nitrogen and oxygen atoms in total. The van der Waals surface area contributed by atoms with Gasteiger partial charge < -0.3 is 15.0 Å². The first-order valence-electron chi connectivity index (χ1n) is 11.0. The molecule has 1 atom stereocenters. The van der Waals surface area contributed by atoms with E-state index in [1.54, 1.807) is 6.07 Å². The van der Waals surface area contributed by atoms with Crippen LogP contribution in [-0.4, -0.2) is 41.7 Å². The van der Waals surface area contributed by atoms with E-state index in [9.17, 15) is 9.18 Å². The standard InChI is InChI=1S/C25H30FN3O2/c1-18-9-10-24-22(14-18)19(15-28-24)11-12-27-25(30)31-17-21-7-4-5-13-29(21)16-20-6-2-3-8-23(20)26/h2-3,6,8-10,14-15,21,28H,4-5,7,11-13,16-17H2,1H3,(H,27,30). The minimum atomic E-state index is -0.396. The molecule has 1 unspecified atom stereocenters. The van der Waals surface area contributed by atoms with Crippen molar-refractivity contribution in [2.45, 2.75) is 45.2 Å². The lowest BCUT2D eigenvalue weighted by Gasteiger charge is -2.35. The van der Waals surface area contributed by atoms with E-state index >= 15 is 0 Å². The highest BCUT2D eigenvalue weighted by molar-refractivity contribution is 5.83. The lowest BCUT2D eigenvalue weighted by molar-refractivity contribution is 0.0634. The average molecular weight is 424 g/mol. The Balaban J connectivity index is 1.25. The molecule has 31 heavy (non-hydrogen) atoms. The van der Waals surface area contributed by atoms with Crippen LogP contribution in [0.15, 0.2) is 48.7 Å². The van der Waals surface area contributed by atoms with Crippen LogP contribution in [0.5, 0.6) is 0 Å². The summed E-state index contributed by atoms with van der Waals surface area (Å²) in [4.78, 5) is 17.7. The second kappa shape index (κ2) is 9.96. The van der Waals surface area contributed by atoms with Crippen molar-refractivity contribution in [3.8, 4) is 0 Å². The van der Waals surface area contributed by atoms with Crippen molar-refractivity contribution in [1.82, 2.24) is 15.2 Å². The highest BCUT2D eigenvalue weighted by Crippen LogP contribution is 2.22. The number of fused-ring (bicyclic) bond motifs is 1. The van der Waals surface area contributed by atoms with Crippen molar-refractivity contribution in [2.24, 2.45) is 0 Å². The highest BCUT2D eigenvalue weighted by atomic mass is 19.1. The van der Waals surface area contributed by atoms with Crippen molar-refractivity contribution in [2.75, 3.05) is 19.7 Å². The molecule has 1 aliphatic heterocycles. The van der Waals surface area contributed by atoms with Crippen molar-refractivity contribution >= 4 is 17.0 Å². The van der Waals surface area contributed by atoms with E-state index in [1.165, 1.54) is 22.6 Å². The van der Waals surface area contributed by atoms with Crippen LogP contribution in [0.3, 0.4) is 0 Å². The molecule has 4 rings (SSSR count). The van der Waals surface area contributed by atoms with Crippen LogP contribution in [0.25, 0.3) is 10.9 Å². The van der Waals surface area contributed by atoms with Gasteiger partial charge in [-0.25, -0.2) is 9.18 Å². The van der Waals surface area contributed by atoms with Gasteiger partial charge in [-0.15, -0.1) is 0 Å². The molecule has 0 bridgehead atoms. The lowest BCUT2D eigenvalue weighted by atomic mass is 10.0. The number of ether oxygens (including phenoxy) is 1. The molecule has 1 saturated heterocycles. The van der Waals surface area contributed by atoms with Gasteiger partial charge in [0.25, 0.3) is 0 Å². The predicted molar refractivity (Wildman–Crippen MR) is 121 cm³/mol. The van der Waals surface area contributed by atoms with Gasteiger partial charge in [-0.3, -0.25) is 4.90 Å². The number of hydrogen-bond donors (Lipinski definition) is 2. The second-order valence-electron chi connectivity index (χ2n) is 8.35. The van der Waals surface area contributed by atoms with Crippen LogP contribution in [0.4, 0.5) is 9.18 Å². The quantitative estimate of drug-likeness (QED) is 0.566. The van der Waals surface area contributed by atoms with E-state index in [4.69, 9.17) is 4.74 Å². The number of rotatable bonds is 7. The molecule has 3 aromatic rings. The number of alkyl carbamates (subject to hydrolysis) is 1. The molecule has 1 aliphatic rings. The Morgan fingerprint density at radius 2 is 2.10 bits per heavy atom. The highest BCUT2D eigenvalue weighted by Gasteiger charge is 2.24. The van der Waals surface area contributed by atoms with Gasteiger partial charge in [-0.05, 0) is 56.5 Å². The molecule has 0 saturated carbocycles. The third kappa shape index (κ3) is 5.44. The van der Waals surface area contributed by atoms with Gasteiger partial charge in [0, 0.05) is 41.8 Å². The number of aromatic nitrogens is 1. The molecule has 1 fully saturated rings. The molecule has 1 amide bonds. The van der Waals surface area contributed by atoms with E-state index in [2.05, 4.69) is 40.3 Å². The van der Waals surface area contributed by atoms with E-state index in [1.807, 2.05) is 18.3 Å². The van der Waals surface area contributed by atoms with Gasteiger partial charge in [-0.2, -0.15) is 0 Å².